The predicted molar refractivity (Wildman–Crippen MR) is 146 cm³/mol. The summed E-state index contributed by atoms with van der Waals surface area (Å²) in [6.45, 7) is 1.33. The number of carbonyl (C=O) groups excluding carboxylic acids is 1. The number of carboxylic acids is 1. The summed E-state index contributed by atoms with van der Waals surface area (Å²) < 4.78 is 65.8. The molecule has 3 fully saturated rings. The van der Waals surface area contributed by atoms with Crippen LogP contribution in [0.2, 0.25) is 0 Å². The average Bonchev–Trinajstić information content (AvgIpc) is 3.60. The molecule has 12 heteroatoms. The van der Waals surface area contributed by atoms with Crippen LogP contribution < -0.4 is 10.0 Å². The van der Waals surface area contributed by atoms with Gasteiger partial charge in [-0.05, 0) is 79.8 Å². The van der Waals surface area contributed by atoms with Gasteiger partial charge in [-0.25, -0.2) is 13.2 Å². The van der Waals surface area contributed by atoms with Gasteiger partial charge in [-0.15, -0.1) is 0 Å². The number of carboxylic acid groups (broad SMARTS) is 1. The molecular formula is C29H35F3N2O6S. The number of rotatable bonds is 8. The van der Waals surface area contributed by atoms with E-state index in [1.54, 1.807) is 24.3 Å². The molecule has 2 saturated carbocycles. The molecule has 0 aromatic heterocycles. The molecule has 1 atom stereocenters. The van der Waals surface area contributed by atoms with E-state index in [0.717, 1.165) is 37.9 Å². The summed E-state index contributed by atoms with van der Waals surface area (Å²) in [5.74, 6) is -2.18. The standard InChI is InChI=1S/C27H34N2O4S.C2HF3O2/c30-26(28-19-24-7-4-18-33-24)27(16-17-27)22-10-12-23(13-11-22)29-34(31,32)25-14-8-21(9-15-25)20-5-2-1-3-6-20;3-2(4,5)1(6)7/h8-15,20,24,29H,1-7,16-19H2,(H,28,30);(H,6,7). The van der Waals surface area contributed by atoms with E-state index in [-0.39, 0.29) is 16.9 Å². The largest absolute Gasteiger partial charge is 0.490 e. The topological polar surface area (TPSA) is 122 Å². The normalized spacial score (nSPS) is 20.4. The van der Waals surface area contributed by atoms with E-state index < -0.39 is 27.6 Å². The van der Waals surface area contributed by atoms with Gasteiger partial charge < -0.3 is 15.2 Å². The fourth-order valence-electron chi connectivity index (χ4n) is 5.38. The number of ether oxygens (including phenoxy) is 1. The fourth-order valence-corrected chi connectivity index (χ4v) is 6.44. The van der Waals surface area contributed by atoms with E-state index in [1.165, 1.54) is 37.7 Å². The third-order valence-corrected chi connectivity index (χ3v) is 9.30. The number of anilines is 1. The Balaban J connectivity index is 0.000000493. The first-order chi connectivity index (χ1) is 19.4. The summed E-state index contributed by atoms with van der Waals surface area (Å²) >= 11 is 0. The number of carbonyl (C=O) groups is 2. The lowest BCUT2D eigenvalue weighted by atomic mass is 9.84. The number of halogens is 3. The number of hydrogen-bond acceptors (Lipinski definition) is 5. The van der Waals surface area contributed by atoms with Crippen molar-refractivity contribution in [3.8, 4) is 0 Å². The lowest BCUT2D eigenvalue weighted by Gasteiger charge is -2.22. The Hall–Kier alpha value is -3.12. The van der Waals surface area contributed by atoms with Crippen LogP contribution in [-0.2, 0) is 29.8 Å². The summed E-state index contributed by atoms with van der Waals surface area (Å²) in [7, 11) is -3.67. The van der Waals surface area contributed by atoms with E-state index >= 15 is 0 Å². The summed E-state index contributed by atoms with van der Waals surface area (Å²) in [5.41, 5.74) is 2.16. The second kappa shape index (κ2) is 12.8. The van der Waals surface area contributed by atoms with E-state index in [9.17, 15) is 26.4 Å². The number of hydrogen-bond donors (Lipinski definition) is 3. The first-order valence-corrected chi connectivity index (χ1v) is 15.3. The van der Waals surface area contributed by atoms with Crippen LogP contribution >= 0.6 is 0 Å². The van der Waals surface area contributed by atoms with Crippen molar-refractivity contribution in [3.05, 3.63) is 59.7 Å². The van der Waals surface area contributed by atoms with Crippen molar-refractivity contribution in [1.29, 1.82) is 0 Å². The second-order valence-electron chi connectivity index (χ2n) is 10.8. The van der Waals surface area contributed by atoms with Crippen LogP contribution in [0.5, 0.6) is 0 Å². The van der Waals surface area contributed by atoms with Gasteiger partial charge in [-0.1, -0.05) is 43.5 Å². The highest BCUT2D eigenvalue weighted by Gasteiger charge is 2.51. The third kappa shape index (κ3) is 8.00. The van der Waals surface area contributed by atoms with Gasteiger partial charge in [0.25, 0.3) is 10.0 Å². The molecule has 2 aromatic carbocycles. The van der Waals surface area contributed by atoms with Crippen molar-refractivity contribution in [1.82, 2.24) is 5.32 Å². The smallest absolute Gasteiger partial charge is 0.475 e. The summed E-state index contributed by atoms with van der Waals surface area (Å²) in [6.07, 6.45) is 4.86. The Morgan fingerprint density at radius 1 is 0.927 bits per heavy atom. The number of amides is 1. The number of alkyl halides is 3. The Labute approximate surface area is 237 Å². The molecule has 224 valence electrons. The van der Waals surface area contributed by atoms with Crippen LogP contribution in [0.1, 0.15) is 74.8 Å². The Kier molecular flexibility index (Phi) is 9.63. The van der Waals surface area contributed by atoms with Gasteiger partial charge in [0.2, 0.25) is 5.91 Å². The number of sulfonamides is 1. The van der Waals surface area contributed by atoms with Gasteiger partial charge in [0.05, 0.1) is 16.4 Å². The molecule has 0 bridgehead atoms. The van der Waals surface area contributed by atoms with Crippen molar-refractivity contribution in [2.45, 2.75) is 86.3 Å². The van der Waals surface area contributed by atoms with Gasteiger partial charge in [0.1, 0.15) is 0 Å². The Morgan fingerprint density at radius 3 is 2.05 bits per heavy atom. The monoisotopic (exact) mass is 596 g/mol. The first-order valence-electron chi connectivity index (χ1n) is 13.8. The Morgan fingerprint density at radius 2 is 1.54 bits per heavy atom. The molecule has 1 amide bonds. The molecule has 2 aliphatic carbocycles. The molecule has 8 nitrogen and oxygen atoms in total. The minimum atomic E-state index is -5.08. The molecule has 2 aromatic rings. The molecule has 1 saturated heterocycles. The van der Waals surface area contributed by atoms with Crippen molar-refractivity contribution in [2.24, 2.45) is 0 Å². The molecule has 1 heterocycles. The molecule has 1 aliphatic heterocycles. The minimum absolute atomic E-state index is 0.0365. The highest BCUT2D eigenvalue weighted by Crippen LogP contribution is 2.48. The van der Waals surface area contributed by atoms with Crippen LogP contribution in [0, 0.1) is 0 Å². The maximum absolute atomic E-state index is 12.9. The molecule has 0 spiro atoms. The quantitative estimate of drug-likeness (QED) is 0.370. The molecule has 41 heavy (non-hydrogen) atoms. The highest BCUT2D eigenvalue weighted by molar-refractivity contribution is 7.92. The number of benzene rings is 2. The predicted octanol–water partition coefficient (Wildman–Crippen LogP) is 5.50. The molecule has 3 N–H and O–H groups in total. The van der Waals surface area contributed by atoms with Crippen LogP contribution in [0.4, 0.5) is 18.9 Å². The Bertz CT molecular complexity index is 1300. The van der Waals surface area contributed by atoms with E-state index in [1.807, 2.05) is 24.3 Å². The van der Waals surface area contributed by atoms with Crippen LogP contribution in [0.25, 0.3) is 0 Å². The zero-order chi connectivity index (χ0) is 29.7. The second-order valence-corrected chi connectivity index (χ2v) is 12.5. The van der Waals surface area contributed by atoms with Crippen molar-refractivity contribution >= 4 is 27.6 Å². The van der Waals surface area contributed by atoms with Crippen molar-refractivity contribution < 1.29 is 41.0 Å². The lowest BCUT2D eigenvalue weighted by molar-refractivity contribution is -0.192. The molecular weight excluding hydrogens is 561 g/mol. The first kappa shape index (κ1) is 30.8. The zero-order valence-electron chi connectivity index (χ0n) is 22.6. The van der Waals surface area contributed by atoms with Crippen molar-refractivity contribution in [3.63, 3.8) is 0 Å². The zero-order valence-corrected chi connectivity index (χ0v) is 23.4. The lowest BCUT2D eigenvalue weighted by Crippen LogP contribution is -2.39. The summed E-state index contributed by atoms with van der Waals surface area (Å²) in [5, 5.41) is 10.2. The number of aliphatic carboxylic acids is 1. The van der Waals surface area contributed by atoms with Gasteiger partial charge in [-0.3, -0.25) is 9.52 Å². The van der Waals surface area contributed by atoms with Gasteiger partial charge >= 0.3 is 12.1 Å². The fraction of sp³-hybridized carbons (Fsp3) is 0.517. The third-order valence-electron chi connectivity index (χ3n) is 7.90. The van der Waals surface area contributed by atoms with Crippen LogP contribution in [0.3, 0.4) is 0 Å². The van der Waals surface area contributed by atoms with E-state index in [4.69, 9.17) is 14.6 Å². The SMILES string of the molecule is O=C(NCC1CCCO1)C1(c2ccc(NS(=O)(=O)c3ccc(C4CCCCC4)cc3)cc2)CC1.O=C(O)C(F)(F)F. The summed E-state index contributed by atoms with van der Waals surface area (Å²) in [4.78, 5) is 22.0. The van der Waals surface area contributed by atoms with E-state index in [0.29, 0.717) is 18.2 Å². The van der Waals surface area contributed by atoms with E-state index in [2.05, 4.69) is 10.0 Å². The molecule has 0 radical (unpaired) electrons. The van der Waals surface area contributed by atoms with Gasteiger partial charge in [0, 0.05) is 18.8 Å². The highest BCUT2D eigenvalue weighted by atomic mass is 32.2. The molecule has 1 unspecified atom stereocenters. The maximum atomic E-state index is 12.9. The van der Waals surface area contributed by atoms with Gasteiger partial charge in [-0.2, -0.15) is 13.2 Å². The van der Waals surface area contributed by atoms with Crippen LogP contribution in [0.15, 0.2) is 53.4 Å². The minimum Gasteiger partial charge on any atom is -0.475 e. The number of nitrogens with one attached hydrogen (secondary N) is 2. The maximum Gasteiger partial charge on any atom is 0.490 e. The summed E-state index contributed by atoms with van der Waals surface area (Å²) in [6, 6.07) is 14.6. The van der Waals surface area contributed by atoms with Crippen molar-refractivity contribution in [2.75, 3.05) is 17.9 Å². The van der Waals surface area contributed by atoms with Gasteiger partial charge in [0.15, 0.2) is 0 Å². The van der Waals surface area contributed by atoms with Crippen LogP contribution in [-0.4, -0.2) is 50.8 Å². The molecule has 5 rings (SSSR count). The average molecular weight is 597 g/mol. The molecule has 3 aliphatic rings.